The Morgan fingerprint density at radius 1 is 1.21 bits per heavy atom. The standard InChI is InChI=1S/C12H15NO/c1-4-14-10-9-11-5-7-12(8-6-11)13(2)3/h5-8H,4H2,1-3H3. The van der Waals surface area contributed by atoms with Crippen LogP contribution in [-0.2, 0) is 4.74 Å². The largest absolute Gasteiger partial charge is 0.447 e. The van der Waals surface area contributed by atoms with Crippen molar-refractivity contribution in [3.63, 3.8) is 0 Å². The Bertz CT molecular complexity index is 330. The molecule has 0 fully saturated rings. The normalized spacial score (nSPS) is 8.79. The lowest BCUT2D eigenvalue weighted by molar-refractivity contribution is 0.299. The molecule has 1 aromatic rings. The van der Waals surface area contributed by atoms with Crippen molar-refractivity contribution < 1.29 is 4.74 Å². The van der Waals surface area contributed by atoms with Crippen molar-refractivity contribution in [1.82, 2.24) is 0 Å². The number of ether oxygens (including phenoxy) is 1. The van der Waals surface area contributed by atoms with Crippen LogP contribution in [0.5, 0.6) is 0 Å². The maximum Gasteiger partial charge on any atom is 0.115 e. The quantitative estimate of drug-likeness (QED) is 0.661. The predicted octanol–water partition coefficient (Wildman–Crippen LogP) is 2.10. The van der Waals surface area contributed by atoms with E-state index in [1.165, 1.54) is 5.69 Å². The molecule has 0 aliphatic heterocycles. The Balaban J connectivity index is 2.70. The molecule has 74 valence electrons. The summed E-state index contributed by atoms with van der Waals surface area (Å²) < 4.78 is 4.94. The summed E-state index contributed by atoms with van der Waals surface area (Å²) in [5.41, 5.74) is 2.15. The van der Waals surface area contributed by atoms with Gasteiger partial charge in [-0.25, -0.2) is 0 Å². The average molecular weight is 189 g/mol. The molecular weight excluding hydrogens is 174 g/mol. The third kappa shape index (κ3) is 3.02. The van der Waals surface area contributed by atoms with Crippen LogP contribution >= 0.6 is 0 Å². The molecule has 0 amide bonds. The maximum atomic E-state index is 4.94. The second-order valence-corrected chi connectivity index (χ2v) is 3.10. The van der Waals surface area contributed by atoms with Gasteiger partial charge in [-0.3, -0.25) is 0 Å². The number of hydrogen-bond donors (Lipinski definition) is 0. The molecule has 0 spiro atoms. The molecule has 2 heteroatoms. The van der Waals surface area contributed by atoms with E-state index in [2.05, 4.69) is 16.9 Å². The van der Waals surface area contributed by atoms with E-state index in [-0.39, 0.29) is 0 Å². The third-order valence-corrected chi connectivity index (χ3v) is 1.80. The van der Waals surface area contributed by atoms with Gasteiger partial charge in [0.25, 0.3) is 0 Å². The Morgan fingerprint density at radius 2 is 1.86 bits per heavy atom. The van der Waals surface area contributed by atoms with E-state index in [1.54, 1.807) is 0 Å². The van der Waals surface area contributed by atoms with E-state index < -0.39 is 0 Å². The van der Waals surface area contributed by atoms with Gasteiger partial charge in [-0.1, -0.05) is 0 Å². The van der Waals surface area contributed by atoms with Crippen LogP contribution < -0.4 is 4.90 Å². The number of benzene rings is 1. The highest BCUT2D eigenvalue weighted by molar-refractivity contribution is 5.49. The van der Waals surface area contributed by atoms with Crippen molar-refractivity contribution >= 4 is 5.69 Å². The smallest absolute Gasteiger partial charge is 0.115 e. The van der Waals surface area contributed by atoms with Gasteiger partial charge in [-0.15, -0.1) is 0 Å². The van der Waals surface area contributed by atoms with Gasteiger partial charge < -0.3 is 9.64 Å². The molecule has 0 aliphatic rings. The fourth-order valence-electron chi connectivity index (χ4n) is 1.01. The highest BCUT2D eigenvalue weighted by atomic mass is 16.5. The van der Waals surface area contributed by atoms with Crippen LogP contribution in [0.1, 0.15) is 12.5 Å². The van der Waals surface area contributed by atoms with E-state index in [1.807, 2.05) is 45.3 Å². The van der Waals surface area contributed by atoms with Gasteiger partial charge in [0.15, 0.2) is 0 Å². The van der Waals surface area contributed by atoms with E-state index in [0.29, 0.717) is 6.61 Å². The average Bonchev–Trinajstić information content (AvgIpc) is 2.19. The van der Waals surface area contributed by atoms with Crippen LogP contribution in [0.25, 0.3) is 0 Å². The molecule has 0 heterocycles. The zero-order valence-electron chi connectivity index (χ0n) is 8.87. The topological polar surface area (TPSA) is 12.5 Å². The van der Waals surface area contributed by atoms with Crippen molar-refractivity contribution in [2.45, 2.75) is 6.92 Å². The van der Waals surface area contributed by atoms with Gasteiger partial charge in [0.2, 0.25) is 0 Å². The monoisotopic (exact) mass is 189 g/mol. The summed E-state index contributed by atoms with van der Waals surface area (Å²) in [4.78, 5) is 2.06. The van der Waals surface area contributed by atoms with Crippen molar-refractivity contribution in [3.8, 4) is 12.0 Å². The highest BCUT2D eigenvalue weighted by Crippen LogP contribution is 2.11. The van der Waals surface area contributed by atoms with Crippen molar-refractivity contribution in [2.24, 2.45) is 0 Å². The summed E-state index contributed by atoms with van der Waals surface area (Å²) in [6, 6.07) is 8.05. The summed E-state index contributed by atoms with van der Waals surface area (Å²) in [7, 11) is 4.03. The molecule has 1 aromatic carbocycles. The molecule has 0 aliphatic carbocycles. The van der Waals surface area contributed by atoms with Gasteiger partial charge in [-0.2, -0.15) is 0 Å². The highest BCUT2D eigenvalue weighted by Gasteiger charge is 1.92. The Labute approximate surface area is 85.5 Å². The molecule has 0 bridgehead atoms. The van der Waals surface area contributed by atoms with Crippen LogP contribution in [0, 0.1) is 12.0 Å². The molecule has 0 aromatic heterocycles. The first kappa shape index (κ1) is 10.5. The van der Waals surface area contributed by atoms with Crippen LogP contribution in [-0.4, -0.2) is 20.7 Å². The van der Waals surface area contributed by atoms with Gasteiger partial charge >= 0.3 is 0 Å². The van der Waals surface area contributed by atoms with Crippen LogP contribution in [0.2, 0.25) is 0 Å². The molecule has 0 saturated carbocycles. The number of anilines is 1. The van der Waals surface area contributed by atoms with Gasteiger partial charge in [0.05, 0.1) is 6.61 Å². The SMILES string of the molecule is CCOC#Cc1ccc(N(C)C)cc1. The summed E-state index contributed by atoms with van der Waals surface area (Å²) >= 11 is 0. The molecule has 0 atom stereocenters. The molecule has 2 nitrogen and oxygen atoms in total. The Hall–Kier alpha value is -1.62. The minimum Gasteiger partial charge on any atom is -0.447 e. The molecule has 0 unspecified atom stereocenters. The number of hydrogen-bond acceptors (Lipinski definition) is 2. The molecular formula is C12H15NO. The lowest BCUT2D eigenvalue weighted by Gasteiger charge is -2.11. The summed E-state index contributed by atoms with van der Waals surface area (Å²) in [6.07, 6.45) is 2.64. The Morgan fingerprint density at radius 3 is 2.36 bits per heavy atom. The van der Waals surface area contributed by atoms with E-state index >= 15 is 0 Å². The first-order chi connectivity index (χ1) is 6.74. The maximum absolute atomic E-state index is 4.94. The molecule has 0 radical (unpaired) electrons. The fraction of sp³-hybridized carbons (Fsp3) is 0.333. The van der Waals surface area contributed by atoms with Gasteiger partial charge in [0, 0.05) is 25.3 Å². The molecule has 14 heavy (non-hydrogen) atoms. The van der Waals surface area contributed by atoms with Gasteiger partial charge in [-0.05, 0) is 37.1 Å². The first-order valence-electron chi connectivity index (χ1n) is 4.64. The van der Waals surface area contributed by atoms with E-state index in [9.17, 15) is 0 Å². The lowest BCUT2D eigenvalue weighted by atomic mass is 10.2. The summed E-state index contributed by atoms with van der Waals surface area (Å²) in [5.74, 6) is 2.92. The molecule has 1 rings (SSSR count). The van der Waals surface area contributed by atoms with Crippen LogP contribution in [0.3, 0.4) is 0 Å². The Kier molecular flexibility index (Phi) is 3.87. The predicted molar refractivity (Wildman–Crippen MR) is 59.3 cm³/mol. The zero-order valence-corrected chi connectivity index (χ0v) is 8.87. The second kappa shape index (κ2) is 5.18. The number of rotatable bonds is 2. The van der Waals surface area contributed by atoms with E-state index in [0.717, 1.165) is 5.56 Å². The third-order valence-electron chi connectivity index (χ3n) is 1.80. The van der Waals surface area contributed by atoms with Crippen molar-refractivity contribution in [2.75, 3.05) is 25.6 Å². The van der Waals surface area contributed by atoms with Gasteiger partial charge in [0.1, 0.15) is 6.11 Å². The molecule has 0 N–H and O–H groups in total. The molecule has 0 saturated heterocycles. The fourth-order valence-corrected chi connectivity index (χ4v) is 1.01. The van der Waals surface area contributed by atoms with E-state index in [4.69, 9.17) is 4.74 Å². The second-order valence-electron chi connectivity index (χ2n) is 3.10. The minimum atomic E-state index is 0.628. The first-order valence-corrected chi connectivity index (χ1v) is 4.64. The minimum absolute atomic E-state index is 0.628. The lowest BCUT2D eigenvalue weighted by Crippen LogP contribution is -2.07. The van der Waals surface area contributed by atoms with Crippen LogP contribution in [0.4, 0.5) is 5.69 Å². The summed E-state index contributed by atoms with van der Waals surface area (Å²) in [6.45, 7) is 2.55. The zero-order chi connectivity index (χ0) is 10.4. The van der Waals surface area contributed by atoms with Crippen LogP contribution in [0.15, 0.2) is 24.3 Å². The van der Waals surface area contributed by atoms with Crippen molar-refractivity contribution in [3.05, 3.63) is 29.8 Å². The number of nitrogens with zero attached hydrogens (tertiary/aromatic N) is 1. The summed E-state index contributed by atoms with van der Waals surface area (Å²) in [5, 5.41) is 0. The van der Waals surface area contributed by atoms with Crippen molar-refractivity contribution in [1.29, 1.82) is 0 Å².